The predicted molar refractivity (Wildman–Crippen MR) is 105 cm³/mol. The van der Waals surface area contributed by atoms with Gasteiger partial charge in [-0.3, -0.25) is 20.4 Å². The van der Waals surface area contributed by atoms with Crippen LogP contribution in [0.3, 0.4) is 0 Å². The summed E-state index contributed by atoms with van der Waals surface area (Å²) in [7, 11) is 0. The van der Waals surface area contributed by atoms with Gasteiger partial charge in [-0.1, -0.05) is 24.3 Å². The molecule has 0 saturated carbocycles. The molecule has 0 fully saturated rings. The standard InChI is InChI=1S/C22H19FN2O4/c1-15(28-19-12-10-17(23)11-13-19)21(26)24-25-22(27)16-6-5-9-20(14-16)29-18-7-3-2-4-8-18/h2-15H,1H3,(H,24,26)(H,25,27). The van der Waals surface area contributed by atoms with Crippen molar-refractivity contribution in [1.29, 1.82) is 0 Å². The van der Waals surface area contributed by atoms with E-state index in [0.29, 0.717) is 22.8 Å². The smallest absolute Gasteiger partial charge is 0.279 e. The summed E-state index contributed by atoms with van der Waals surface area (Å²) in [5.74, 6) is 0.00450. The number of hydrogen-bond acceptors (Lipinski definition) is 4. The maximum Gasteiger partial charge on any atom is 0.279 e. The average molecular weight is 394 g/mol. The second-order valence-corrected chi connectivity index (χ2v) is 6.10. The number of hydrazine groups is 1. The third-order valence-corrected chi connectivity index (χ3v) is 3.87. The van der Waals surface area contributed by atoms with E-state index in [2.05, 4.69) is 10.9 Å². The van der Waals surface area contributed by atoms with Crippen LogP contribution in [0.1, 0.15) is 17.3 Å². The number of amides is 2. The molecule has 3 aromatic carbocycles. The molecule has 0 radical (unpaired) electrons. The van der Waals surface area contributed by atoms with E-state index < -0.39 is 23.7 Å². The summed E-state index contributed by atoms with van der Waals surface area (Å²) >= 11 is 0. The van der Waals surface area contributed by atoms with Crippen molar-refractivity contribution in [3.63, 3.8) is 0 Å². The molecule has 0 aliphatic heterocycles. The van der Waals surface area contributed by atoms with Crippen LogP contribution in [-0.4, -0.2) is 17.9 Å². The topological polar surface area (TPSA) is 76.7 Å². The van der Waals surface area contributed by atoms with Gasteiger partial charge in [0.15, 0.2) is 6.10 Å². The fraction of sp³-hybridized carbons (Fsp3) is 0.0909. The van der Waals surface area contributed by atoms with E-state index in [1.165, 1.54) is 31.2 Å². The predicted octanol–water partition coefficient (Wildman–Crippen LogP) is 3.85. The SMILES string of the molecule is CC(Oc1ccc(F)cc1)C(=O)NNC(=O)c1cccc(Oc2ccccc2)c1. The molecule has 0 saturated heterocycles. The van der Waals surface area contributed by atoms with Crippen LogP contribution < -0.4 is 20.3 Å². The number of hydrogen-bond donors (Lipinski definition) is 2. The van der Waals surface area contributed by atoms with Gasteiger partial charge in [0.2, 0.25) is 0 Å². The normalized spacial score (nSPS) is 11.2. The van der Waals surface area contributed by atoms with Crippen molar-refractivity contribution < 1.29 is 23.5 Å². The van der Waals surface area contributed by atoms with Crippen molar-refractivity contribution in [2.45, 2.75) is 13.0 Å². The summed E-state index contributed by atoms with van der Waals surface area (Å²) in [6.45, 7) is 1.51. The van der Waals surface area contributed by atoms with Crippen LogP contribution in [0.25, 0.3) is 0 Å². The van der Waals surface area contributed by atoms with Crippen molar-refractivity contribution in [3.8, 4) is 17.2 Å². The van der Waals surface area contributed by atoms with Crippen LogP contribution in [0.5, 0.6) is 17.2 Å². The number of para-hydroxylation sites is 1. The van der Waals surface area contributed by atoms with Crippen molar-refractivity contribution >= 4 is 11.8 Å². The minimum absolute atomic E-state index is 0.311. The van der Waals surface area contributed by atoms with Gasteiger partial charge in [-0.05, 0) is 61.5 Å². The Balaban J connectivity index is 1.53. The van der Waals surface area contributed by atoms with Gasteiger partial charge in [0.25, 0.3) is 11.8 Å². The average Bonchev–Trinajstić information content (AvgIpc) is 2.74. The molecule has 3 aromatic rings. The summed E-state index contributed by atoms with van der Waals surface area (Å²) in [5.41, 5.74) is 4.95. The maximum atomic E-state index is 12.9. The third-order valence-electron chi connectivity index (χ3n) is 3.87. The Kier molecular flexibility index (Phi) is 6.42. The van der Waals surface area contributed by atoms with Crippen LogP contribution in [0, 0.1) is 5.82 Å². The van der Waals surface area contributed by atoms with Crippen LogP contribution >= 0.6 is 0 Å². The molecule has 1 unspecified atom stereocenters. The first-order valence-corrected chi connectivity index (χ1v) is 8.86. The largest absolute Gasteiger partial charge is 0.481 e. The third kappa shape index (κ3) is 5.80. The summed E-state index contributed by atoms with van der Waals surface area (Å²) in [6, 6.07) is 21.0. The Morgan fingerprint density at radius 3 is 2.24 bits per heavy atom. The monoisotopic (exact) mass is 394 g/mol. The van der Waals surface area contributed by atoms with Crippen LogP contribution in [0.2, 0.25) is 0 Å². The zero-order chi connectivity index (χ0) is 20.6. The van der Waals surface area contributed by atoms with Crippen molar-refractivity contribution in [2.24, 2.45) is 0 Å². The summed E-state index contributed by atoms with van der Waals surface area (Å²) in [5, 5.41) is 0. The number of ether oxygens (including phenoxy) is 2. The molecule has 1 atom stereocenters. The lowest BCUT2D eigenvalue weighted by Gasteiger charge is -2.15. The fourth-order valence-electron chi connectivity index (χ4n) is 2.39. The molecule has 3 rings (SSSR count). The van der Waals surface area contributed by atoms with E-state index in [-0.39, 0.29) is 0 Å². The molecule has 2 amide bonds. The van der Waals surface area contributed by atoms with E-state index in [1.54, 1.807) is 36.4 Å². The molecule has 0 aliphatic carbocycles. The number of nitrogens with one attached hydrogen (secondary N) is 2. The zero-order valence-corrected chi connectivity index (χ0v) is 15.6. The summed E-state index contributed by atoms with van der Waals surface area (Å²) in [4.78, 5) is 24.4. The van der Waals surface area contributed by atoms with Crippen LogP contribution in [-0.2, 0) is 4.79 Å². The molecular weight excluding hydrogens is 375 g/mol. The highest BCUT2D eigenvalue weighted by Crippen LogP contribution is 2.21. The molecular formula is C22H19FN2O4. The lowest BCUT2D eigenvalue weighted by Crippen LogP contribution is -2.47. The Morgan fingerprint density at radius 1 is 0.828 bits per heavy atom. The quantitative estimate of drug-likeness (QED) is 0.623. The molecule has 0 aliphatic rings. The first-order chi connectivity index (χ1) is 14.0. The molecule has 0 bridgehead atoms. The molecule has 29 heavy (non-hydrogen) atoms. The van der Waals surface area contributed by atoms with Gasteiger partial charge in [-0.2, -0.15) is 0 Å². The summed E-state index contributed by atoms with van der Waals surface area (Å²) < 4.78 is 24.0. The van der Waals surface area contributed by atoms with Crippen LogP contribution in [0.15, 0.2) is 78.9 Å². The van der Waals surface area contributed by atoms with Gasteiger partial charge in [0.1, 0.15) is 23.1 Å². The van der Waals surface area contributed by atoms with Crippen molar-refractivity contribution in [3.05, 3.63) is 90.2 Å². The second-order valence-electron chi connectivity index (χ2n) is 6.10. The Hall–Kier alpha value is -3.87. The van der Waals surface area contributed by atoms with E-state index in [4.69, 9.17) is 9.47 Å². The van der Waals surface area contributed by atoms with E-state index in [9.17, 15) is 14.0 Å². The Labute approximate surface area is 167 Å². The first-order valence-electron chi connectivity index (χ1n) is 8.86. The van der Waals surface area contributed by atoms with Gasteiger partial charge >= 0.3 is 0 Å². The number of carbonyl (C=O) groups is 2. The molecule has 7 heteroatoms. The highest BCUT2D eigenvalue weighted by atomic mass is 19.1. The van der Waals surface area contributed by atoms with Gasteiger partial charge in [0.05, 0.1) is 0 Å². The second kappa shape index (κ2) is 9.36. The number of benzene rings is 3. The molecule has 0 spiro atoms. The van der Waals surface area contributed by atoms with E-state index in [1.807, 2.05) is 18.2 Å². The van der Waals surface area contributed by atoms with E-state index >= 15 is 0 Å². The first kappa shape index (κ1) is 19.9. The number of carbonyl (C=O) groups excluding carboxylic acids is 2. The molecule has 0 aromatic heterocycles. The number of rotatable bonds is 6. The minimum atomic E-state index is -0.895. The highest BCUT2D eigenvalue weighted by molar-refractivity contribution is 5.96. The molecule has 2 N–H and O–H groups in total. The van der Waals surface area contributed by atoms with Crippen LogP contribution in [0.4, 0.5) is 4.39 Å². The van der Waals surface area contributed by atoms with Gasteiger partial charge in [-0.15, -0.1) is 0 Å². The molecule has 148 valence electrons. The maximum absolute atomic E-state index is 12.9. The minimum Gasteiger partial charge on any atom is -0.481 e. The lowest BCUT2D eigenvalue weighted by molar-refractivity contribution is -0.128. The van der Waals surface area contributed by atoms with Crippen molar-refractivity contribution in [1.82, 2.24) is 10.9 Å². The Morgan fingerprint density at radius 2 is 1.52 bits per heavy atom. The Bertz CT molecular complexity index is 978. The zero-order valence-electron chi connectivity index (χ0n) is 15.6. The van der Waals surface area contributed by atoms with Crippen molar-refractivity contribution in [2.75, 3.05) is 0 Å². The summed E-state index contributed by atoms with van der Waals surface area (Å²) in [6.07, 6.45) is -0.895. The number of halogens is 1. The van der Waals surface area contributed by atoms with Gasteiger partial charge < -0.3 is 9.47 Å². The van der Waals surface area contributed by atoms with Gasteiger partial charge in [0, 0.05) is 5.56 Å². The molecule has 6 nitrogen and oxygen atoms in total. The van der Waals surface area contributed by atoms with Gasteiger partial charge in [-0.25, -0.2) is 4.39 Å². The fourth-order valence-corrected chi connectivity index (χ4v) is 2.39. The molecule has 0 heterocycles. The highest BCUT2D eigenvalue weighted by Gasteiger charge is 2.16. The van der Waals surface area contributed by atoms with E-state index in [0.717, 1.165) is 0 Å². The lowest BCUT2D eigenvalue weighted by atomic mass is 10.2.